The van der Waals surface area contributed by atoms with Crippen LogP contribution in [0.15, 0.2) is 47.4 Å². The number of ether oxygens (including phenoxy) is 2. The van der Waals surface area contributed by atoms with Crippen molar-refractivity contribution in [3.05, 3.63) is 70.6 Å². The number of aromatic nitrogens is 1. The highest BCUT2D eigenvalue weighted by atomic mass is 35.5. The molecule has 1 fully saturated rings. The topological polar surface area (TPSA) is 41.1 Å². The van der Waals surface area contributed by atoms with Crippen LogP contribution in [-0.2, 0) is 6.54 Å². The van der Waals surface area contributed by atoms with Gasteiger partial charge in [0.05, 0.1) is 31.9 Å². The van der Waals surface area contributed by atoms with Crippen molar-refractivity contribution >= 4 is 35.1 Å². The third-order valence-electron chi connectivity index (χ3n) is 7.47. The highest BCUT2D eigenvalue weighted by Gasteiger charge is 2.58. The summed E-state index contributed by atoms with van der Waals surface area (Å²) in [6.07, 6.45) is -4.79. The van der Waals surface area contributed by atoms with Crippen molar-refractivity contribution in [1.29, 1.82) is 0 Å². The number of alkyl halides is 3. The number of methoxy groups -OCH3 is 2. The molecule has 0 radical (unpaired) electrons. The number of nitrogens with zero attached hydrogens (tertiary/aromatic N) is 4. The smallest absolute Gasteiger partial charge is 0.397 e. The highest BCUT2D eigenvalue weighted by molar-refractivity contribution is 8.00. The molecule has 0 N–H and O–H groups in total. The summed E-state index contributed by atoms with van der Waals surface area (Å²) in [5.41, 5.74) is -1.68. The van der Waals surface area contributed by atoms with Gasteiger partial charge in [-0.1, -0.05) is 24.6 Å². The predicted molar refractivity (Wildman–Crippen MR) is 156 cm³/mol. The van der Waals surface area contributed by atoms with Gasteiger partial charge in [-0.25, -0.2) is 13.8 Å². The van der Waals surface area contributed by atoms with Gasteiger partial charge < -0.3 is 19.3 Å². The molecule has 43 heavy (non-hydrogen) atoms. The van der Waals surface area contributed by atoms with Gasteiger partial charge in [-0.05, 0) is 56.2 Å². The summed E-state index contributed by atoms with van der Waals surface area (Å²) < 4.78 is 100. The largest absolute Gasteiger partial charge is 0.497 e. The van der Waals surface area contributed by atoms with Crippen LogP contribution < -0.4 is 18.7 Å². The van der Waals surface area contributed by atoms with Crippen LogP contribution in [0.25, 0.3) is 0 Å². The van der Waals surface area contributed by atoms with Gasteiger partial charge in [0.15, 0.2) is 5.82 Å². The maximum absolute atomic E-state index is 15.8. The Morgan fingerprint density at radius 3 is 2.47 bits per heavy atom. The van der Waals surface area contributed by atoms with E-state index in [4.69, 9.17) is 21.1 Å². The Labute approximate surface area is 255 Å². The first kappa shape index (κ1) is 32.9. The van der Waals surface area contributed by atoms with Gasteiger partial charge in [-0.2, -0.15) is 17.6 Å². The molecule has 1 atom stereocenters. The van der Waals surface area contributed by atoms with E-state index in [-0.39, 0.29) is 37.6 Å². The second kappa shape index (κ2) is 13.3. The summed E-state index contributed by atoms with van der Waals surface area (Å²) in [6.45, 7) is 1.29. The van der Waals surface area contributed by atoms with Crippen molar-refractivity contribution in [2.45, 2.75) is 31.0 Å². The van der Waals surface area contributed by atoms with E-state index in [0.29, 0.717) is 35.6 Å². The van der Waals surface area contributed by atoms with Gasteiger partial charge in [0.25, 0.3) is 0 Å². The fourth-order valence-corrected chi connectivity index (χ4v) is 6.25. The molecule has 1 aromatic heterocycles. The maximum Gasteiger partial charge on any atom is 0.397 e. The van der Waals surface area contributed by atoms with Gasteiger partial charge in [0.1, 0.15) is 33.1 Å². The second-order valence-electron chi connectivity index (χ2n) is 10.2. The number of rotatable bonds is 11. The molecule has 1 aliphatic heterocycles. The molecule has 0 saturated carbocycles. The minimum absolute atomic E-state index is 0.0300. The quantitative estimate of drug-likeness (QED) is 0.0918. The Hall–Kier alpha value is -3.03. The summed E-state index contributed by atoms with van der Waals surface area (Å²) in [7, 11) is 4.52. The summed E-state index contributed by atoms with van der Waals surface area (Å²) >= 11 is 6.96. The number of pyridine rings is 1. The molecule has 234 valence electrons. The molecule has 1 unspecified atom stereocenters. The van der Waals surface area contributed by atoms with E-state index in [1.54, 1.807) is 37.1 Å². The number of hydrogen-bond acceptors (Lipinski definition) is 7. The maximum atomic E-state index is 15.8. The standard InChI is InChI=1S/C29H31ClF6N4O2S/c1-5-38(2)16-28(29(34,35)36)11-12-39(17-28)21-14-20(31)27(26(33)25(21)30)43-40(24-8-6-7-23(32)37-24)15-18-9-10-19(41-3)13-22(18)42-4/h6-10,13-14H,5,11-12,15-17H2,1-4H3. The van der Waals surface area contributed by atoms with Crippen molar-refractivity contribution in [3.63, 3.8) is 0 Å². The van der Waals surface area contributed by atoms with Crippen LogP contribution in [-0.4, -0.2) is 63.5 Å². The summed E-state index contributed by atoms with van der Waals surface area (Å²) in [4.78, 5) is 6.17. The average molecular weight is 649 g/mol. The van der Waals surface area contributed by atoms with Crippen LogP contribution in [0.2, 0.25) is 5.02 Å². The zero-order valence-corrected chi connectivity index (χ0v) is 25.5. The number of benzene rings is 2. The third-order valence-corrected chi connectivity index (χ3v) is 8.92. The van der Waals surface area contributed by atoms with Crippen molar-refractivity contribution in [2.75, 3.05) is 56.7 Å². The third kappa shape index (κ3) is 7.04. The van der Waals surface area contributed by atoms with Crippen LogP contribution in [0.4, 0.5) is 37.8 Å². The lowest BCUT2D eigenvalue weighted by Crippen LogP contribution is -2.48. The molecule has 2 heterocycles. The minimum Gasteiger partial charge on any atom is -0.497 e. The molecule has 6 nitrogen and oxygen atoms in total. The zero-order valence-electron chi connectivity index (χ0n) is 23.9. The van der Waals surface area contributed by atoms with Gasteiger partial charge in [-0.3, -0.25) is 4.31 Å². The Balaban J connectivity index is 1.69. The number of hydrogen-bond donors (Lipinski definition) is 0. The van der Waals surface area contributed by atoms with Crippen molar-refractivity contribution < 1.29 is 35.8 Å². The van der Waals surface area contributed by atoms with E-state index in [2.05, 4.69) is 4.98 Å². The van der Waals surface area contributed by atoms with Gasteiger partial charge >= 0.3 is 6.18 Å². The molecule has 2 aromatic carbocycles. The van der Waals surface area contributed by atoms with E-state index in [9.17, 15) is 17.6 Å². The van der Waals surface area contributed by atoms with Crippen molar-refractivity contribution in [3.8, 4) is 11.5 Å². The van der Waals surface area contributed by atoms with Gasteiger partial charge in [-0.15, -0.1) is 0 Å². The lowest BCUT2D eigenvalue weighted by molar-refractivity contribution is -0.220. The molecule has 1 saturated heterocycles. The zero-order chi connectivity index (χ0) is 31.5. The summed E-state index contributed by atoms with van der Waals surface area (Å²) in [5, 5.41) is -0.514. The predicted octanol–water partition coefficient (Wildman–Crippen LogP) is 7.59. The van der Waals surface area contributed by atoms with Gasteiger partial charge in [0.2, 0.25) is 5.95 Å². The number of halogens is 7. The lowest BCUT2D eigenvalue weighted by atomic mass is 9.85. The molecular formula is C29H31ClF6N4O2S. The van der Waals surface area contributed by atoms with Crippen LogP contribution in [0.5, 0.6) is 11.5 Å². The SMILES string of the molecule is CCN(C)CC1(C(F)(F)F)CCN(c2cc(F)c(SN(Cc3ccc(OC)cc3OC)c3cccc(F)n3)c(F)c2Cl)C1. The highest BCUT2D eigenvalue weighted by Crippen LogP contribution is 2.49. The van der Waals surface area contributed by atoms with E-state index < -0.39 is 45.6 Å². The number of anilines is 2. The van der Waals surface area contributed by atoms with E-state index in [1.165, 1.54) is 35.6 Å². The molecule has 0 aliphatic carbocycles. The molecule has 14 heteroatoms. The van der Waals surface area contributed by atoms with E-state index >= 15 is 8.78 Å². The molecule has 3 aromatic rings. The minimum atomic E-state index is -4.54. The Morgan fingerprint density at radius 2 is 1.84 bits per heavy atom. The van der Waals surface area contributed by atoms with Gasteiger partial charge in [0, 0.05) is 37.3 Å². The second-order valence-corrected chi connectivity index (χ2v) is 11.6. The van der Waals surface area contributed by atoms with Crippen LogP contribution in [0.1, 0.15) is 18.9 Å². The van der Waals surface area contributed by atoms with E-state index in [0.717, 1.165) is 12.1 Å². The fraction of sp³-hybridized carbons (Fsp3) is 0.414. The summed E-state index contributed by atoms with van der Waals surface area (Å²) in [5.74, 6) is -2.03. The Bertz CT molecular complexity index is 1450. The first-order valence-electron chi connectivity index (χ1n) is 13.3. The first-order chi connectivity index (χ1) is 20.3. The molecular weight excluding hydrogens is 618 g/mol. The normalized spacial score (nSPS) is 17.1. The molecule has 0 amide bonds. The van der Waals surface area contributed by atoms with Crippen molar-refractivity contribution in [2.24, 2.45) is 5.41 Å². The Morgan fingerprint density at radius 1 is 1.09 bits per heavy atom. The molecule has 4 rings (SSSR count). The summed E-state index contributed by atoms with van der Waals surface area (Å²) in [6, 6.07) is 9.91. The van der Waals surface area contributed by atoms with E-state index in [1.807, 2.05) is 0 Å². The monoisotopic (exact) mass is 648 g/mol. The first-order valence-corrected chi connectivity index (χ1v) is 14.4. The fourth-order valence-electron chi connectivity index (χ4n) is 4.98. The van der Waals surface area contributed by atoms with Crippen LogP contribution in [0.3, 0.4) is 0 Å². The van der Waals surface area contributed by atoms with Crippen molar-refractivity contribution in [1.82, 2.24) is 9.88 Å². The van der Waals surface area contributed by atoms with Crippen LogP contribution in [0, 0.1) is 23.0 Å². The molecule has 0 bridgehead atoms. The average Bonchev–Trinajstić information content (AvgIpc) is 3.41. The van der Waals surface area contributed by atoms with Crippen LogP contribution >= 0.6 is 23.5 Å². The Kier molecular flexibility index (Phi) is 10.2. The lowest BCUT2D eigenvalue weighted by Gasteiger charge is -2.35. The molecule has 1 aliphatic rings. The molecule has 0 spiro atoms.